The lowest BCUT2D eigenvalue weighted by molar-refractivity contribution is 0.299. The molecule has 0 aliphatic heterocycles. The molecule has 0 spiro atoms. The van der Waals surface area contributed by atoms with Crippen LogP contribution in [0, 0.1) is 13.8 Å². The second-order valence-corrected chi connectivity index (χ2v) is 8.42. The van der Waals surface area contributed by atoms with Gasteiger partial charge in [-0.3, -0.25) is 0 Å². The van der Waals surface area contributed by atoms with Crippen molar-refractivity contribution in [3.63, 3.8) is 0 Å². The fourth-order valence-corrected chi connectivity index (χ4v) is 3.67. The number of rotatable bonds is 5. The molecule has 2 aromatic heterocycles. The van der Waals surface area contributed by atoms with E-state index in [-0.39, 0.29) is 11.5 Å². The smallest absolute Gasteiger partial charge is 0.237 e. The van der Waals surface area contributed by atoms with E-state index in [1.165, 1.54) is 18.4 Å². The Morgan fingerprint density at radius 3 is 2.46 bits per heavy atom. The number of hydrogen-bond donors (Lipinski definition) is 0. The average molecular weight is 363 g/mol. The van der Waals surface area contributed by atoms with Gasteiger partial charge in [-0.1, -0.05) is 0 Å². The van der Waals surface area contributed by atoms with Crippen molar-refractivity contribution >= 4 is 21.2 Å². The van der Waals surface area contributed by atoms with Gasteiger partial charge in [-0.15, -0.1) is 11.3 Å². The molecule has 0 unspecified atom stereocenters. The molecule has 3 aromatic rings. The minimum atomic E-state index is -3.20. The molecule has 2 heterocycles. The topological polar surface area (TPSA) is 69.4 Å². The molecule has 5 nitrogen and oxygen atoms in total. The summed E-state index contributed by atoms with van der Waals surface area (Å²) in [6.45, 7) is 4.13. The lowest BCUT2D eigenvalue weighted by Crippen LogP contribution is -1.99. The number of nitrogens with zero attached hydrogens (tertiary/aromatic N) is 1. The number of thiophene rings is 1. The number of hydrogen-bond acceptors (Lipinski definition) is 6. The number of sulfone groups is 1. The minimum Gasteiger partial charge on any atom is -0.487 e. The minimum absolute atomic E-state index is 0.262. The zero-order chi connectivity index (χ0) is 17.3. The fourth-order valence-electron chi connectivity index (χ4n) is 2.19. The molecule has 3 rings (SSSR count). The van der Waals surface area contributed by atoms with Gasteiger partial charge >= 0.3 is 0 Å². The molecule has 0 amide bonds. The van der Waals surface area contributed by atoms with Gasteiger partial charge in [-0.05, 0) is 55.1 Å². The van der Waals surface area contributed by atoms with Crippen LogP contribution in [0.1, 0.15) is 17.0 Å². The van der Waals surface area contributed by atoms with Crippen molar-refractivity contribution < 1.29 is 17.6 Å². The quantitative estimate of drug-likeness (QED) is 0.685. The van der Waals surface area contributed by atoms with E-state index in [9.17, 15) is 8.42 Å². The van der Waals surface area contributed by atoms with Crippen LogP contribution in [-0.2, 0) is 16.4 Å². The van der Waals surface area contributed by atoms with Gasteiger partial charge in [0.15, 0.2) is 9.84 Å². The van der Waals surface area contributed by atoms with Gasteiger partial charge < -0.3 is 9.15 Å². The molecule has 0 bridgehead atoms. The Balaban J connectivity index is 1.73. The van der Waals surface area contributed by atoms with E-state index in [0.717, 1.165) is 16.1 Å². The highest BCUT2D eigenvalue weighted by Gasteiger charge is 2.15. The van der Waals surface area contributed by atoms with Crippen LogP contribution in [0.4, 0.5) is 0 Å². The van der Waals surface area contributed by atoms with E-state index in [4.69, 9.17) is 9.15 Å². The summed E-state index contributed by atoms with van der Waals surface area (Å²) in [6, 6.07) is 8.35. The van der Waals surface area contributed by atoms with Gasteiger partial charge in [0.1, 0.15) is 23.8 Å². The number of aromatic nitrogens is 1. The summed E-state index contributed by atoms with van der Waals surface area (Å²) in [5.41, 5.74) is 1.86. The normalized spacial score (nSPS) is 11.6. The highest BCUT2D eigenvalue weighted by atomic mass is 32.2. The maximum Gasteiger partial charge on any atom is 0.237 e. The number of aryl methyl sites for hydroxylation is 2. The molecule has 0 radical (unpaired) electrons. The first-order chi connectivity index (χ1) is 11.3. The first kappa shape index (κ1) is 16.7. The summed E-state index contributed by atoms with van der Waals surface area (Å²) in [7, 11) is -3.20. The van der Waals surface area contributed by atoms with Crippen molar-refractivity contribution in [2.75, 3.05) is 6.26 Å². The van der Waals surface area contributed by atoms with Crippen molar-refractivity contribution in [1.82, 2.24) is 4.98 Å². The van der Waals surface area contributed by atoms with Crippen LogP contribution in [0.5, 0.6) is 5.75 Å². The van der Waals surface area contributed by atoms with Crippen molar-refractivity contribution in [2.45, 2.75) is 25.3 Å². The van der Waals surface area contributed by atoms with Crippen LogP contribution < -0.4 is 4.74 Å². The van der Waals surface area contributed by atoms with E-state index in [1.807, 2.05) is 25.3 Å². The van der Waals surface area contributed by atoms with E-state index in [2.05, 4.69) is 4.98 Å². The third-order valence-electron chi connectivity index (χ3n) is 3.58. The molecule has 126 valence electrons. The zero-order valence-corrected chi connectivity index (χ0v) is 15.2. The third-order valence-corrected chi connectivity index (χ3v) is 5.71. The molecule has 0 aliphatic rings. The van der Waals surface area contributed by atoms with E-state index in [1.54, 1.807) is 23.5 Å². The van der Waals surface area contributed by atoms with E-state index in [0.29, 0.717) is 17.4 Å². The molecule has 0 saturated heterocycles. The lowest BCUT2D eigenvalue weighted by atomic mass is 10.3. The Hall–Kier alpha value is -2.12. The van der Waals surface area contributed by atoms with Gasteiger partial charge in [0.2, 0.25) is 5.89 Å². The highest BCUT2D eigenvalue weighted by Crippen LogP contribution is 2.30. The molecular weight excluding hydrogens is 346 g/mol. The summed E-state index contributed by atoms with van der Waals surface area (Å²) in [5, 5.41) is 2.00. The SMILES string of the molecule is Cc1ccsc1-c1nc(COc2ccc(S(C)(=O)=O)cc2)c(C)o1. The Labute approximate surface area is 144 Å². The number of ether oxygens (including phenoxy) is 1. The maximum atomic E-state index is 11.4. The summed E-state index contributed by atoms with van der Waals surface area (Å²) in [5.74, 6) is 1.90. The molecule has 1 aromatic carbocycles. The fraction of sp³-hybridized carbons (Fsp3) is 0.235. The molecule has 0 saturated carbocycles. The van der Waals surface area contributed by atoms with Crippen LogP contribution in [0.25, 0.3) is 10.8 Å². The first-order valence-corrected chi connectivity index (χ1v) is 10.1. The van der Waals surface area contributed by atoms with Crippen molar-refractivity contribution in [3.8, 4) is 16.5 Å². The Morgan fingerprint density at radius 2 is 1.88 bits per heavy atom. The molecule has 7 heteroatoms. The zero-order valence-electron chi connectivity index (χ0n) is 13.6. The van der Waals surface area contributed by atoms with Crippen molar-refractivity contribution in [2.24, 2.45) is 0 Å². The summed E-state index contributed by atoms with van der Waals surface area (Å²) >= 11 is 1.59. The molecule has 0 aliphatic carbocycles. The molecule has 24 heavy (non-hydrogen) atoms. The van der Waals surface area contributed by atoms with Gasteiger partial charge in [0, 0.05) is 6.26 Å². The standard InChI is InChI=1S/C17H17NO4S2/c1-11-8-9-23-16(11)17-18-15(12(2)22-17)10-21-13-4-6-14(7-5-13)24(3,19)20/h4-9H,10H2,1-3H3. The Bertz CT molecular complexity index is 953. The third kappa shape index (κ3) is 3.52. The molecule has 0 N–H and O–H groups in total. The second kappa shape index (κ2) is 6.41. The highest BCUT2D eigenvalue weighted by molar-refractivity contribution is 7.90. The lowest BCUT2D eigenvalue weighted by Gasteiger charge is -2.05. The second-order valence-electron chi connectivity index (χ2n) is 5.49. The molecular formula is C17H17NO4S2. The average Bonchev–Trinajstić information content (AvgIpc) is 3.10. The summed E-state index contributed by atoms with van der Waals surface area (Å²) < 4.78 is 34.3. The molecule has 0 fully saturated rings. The van der Waals surface area contributed by atoms with Crippen LogP contribution in [-0.4, -0.2) is 19.7 Å². The van der Waals surface area contributed by atoms with Gasteiger partial charge in [0.05, 0.1) is 9.77 Å². The summed E-state index contributed by atoms with van der Waals surface area (Å²) in [6.07, 6.45) is 1.18. The van der Waals surface area contributed by atoms with Crippen LogP contribution in [0.2, 0.25) is 0 Å². The Kier molecular flexibility index (Phi) is 4.47. The van der Waals surface area contributed by atoms with Gasteiger partial charge in [-0.25, -0.2) is 13.4 Å². The van der Waals surface area contributed by atoms with E-state index < -0.39 is 9.84 Å². The largest absolute Gasteiger partial charge is 0.487 e. The predicted molar refractivity (Wildman–Crippen MR) is 93.2 cm³/mol. The van der Waals surface area contributed by atoms with Gasteiger partial charge in [0.25, 0.3) is 0 Å². The number of benzene rings is 1. The van der Waals surface area contributed by atoms with Crippen LogP contribution >= 0.6 is 11.3 Å². The number of oxazole rings is 1. The maximum absolute atomic E-state index is 11.4. The first-order valence-electron chi connectivity index (χ1n) is 7.28. The van der Waals surface area contributed by atoms with Crippen LogP contribution in [0.3, 0.4) is 0 Å². The van der Waals surface area contributed by atoms with Gasteiger partial charge in [-0.2, -0.15) is 0 Å². The predicted octanol–water partition coefficient (Wildman–Crippen LogP) is 4.00. The van der Waals surface area contributed by atoms with Crippen molar-refractivity contribution in [1.29, 1.82) is 0 Å². The molecule has 0 atom stereocenters. The Morgan fingerprint density at radius 1 is 1.17 bits per heavy atom. The monoisotopic (exact) mass is 363 g/mol. The summed E-state index contributed by atoms with van der Waals surface area (Å²) in [4.78, 5) is 5.79. The van der Waals surface area contributed by atoms with Crippen LogP contribution in [0.15, 0.2) is 45.0 Å². The van der Waals surface area contributed by atoms with Crippen molar-refractivity contribution in [3.05, 3.63) is 52.7 Å². The van der Waals surface area contributed by atoms with E-state index >= 15 is 0 Å².